The second-order valence-corrected chi connectivity index (χ2v) is 9.71. The number of anilines is 2. The Kier molecular flexibility index (Phi) is 4.61. The van der Waals surface area contributed by atoms with Gasteiger partial charge in [-0.15, -0.1) is 0 Å². The van der Waals surface area contributed by atoms with Gasteiger partial charge in [0.15, 0.2) is 0 Å². The number of halogens is 3. The molecular formula is C23H26F3N5. The van der Waals surface area contributed by atoms with Gasteiger partial charge in [-0.3, -0.25) is 9.30 Å². The molecule has 0 saturated carbocycles. The van der Waals surface area contributed by atoms with Crippen molar-refractivity contribution < 1.29 is 13.2 Å². The quantitative estimate of drug-likeness (QED) is 0.462. The van der Waals surface area contributed by atoms with Gasteiger partial charge in [-0.05, 0) is 71.9 Å². The van der Waals surface area contributed by atoms with E-state index in [1.807, 2.05) is 75.2 Å². The molecule has 31 heavy (non-hydrogen) atoms. The molecule has 5 nitrogen and oxygen atoms in total. The van der Waals surface area contributed by atoms with E-state index in [4.69, 9.17) is 9.98 Å². The lowest BCUT2D eigenvalue weighted by molar-refractivity contribution is -0.137. The predicted octanol–water partition coefficient (Wildman–Crippen LogP) is 6.21. The molecule has 1 aliphatic heterocycles. The van der Waals surface area contributed by atoms with Crippen molar-refractivity contribution in [1.29, 1.82) is 0 Å². The maximum Gasteiger partial charge on any atom is 0.416 e. The predicted molar refractivity (Wildman–Crippen MR) is 119 cm³/mol. The van der Waals surface area contributed by atoms with Gasteiger partial charge in [-0.25, -0.2) is 9.98 Å². The summed E-state index contributed by atoms with van der Waals surface area (Å²) in [5.41, 5.74) is 0.629. The second-order valence-electron chi connectivity index (χ2n) is 9.71. The number of hydrogen-bond acceptors (Lipinski definition) is 2. The number of nitrogens with one attached hydrogen (secondary N) is 1. The van der Waals surface area contributed by atoms with Crippen LogP contribution in [0.15, 0.2) is 47.6 Å². The summed E-state index contributed by atoms with van der Waals surface area (Å²) in [5.74, 6) is 1.24. The van der Waals surface area contributed by atoms with Gasteiger partial charge >= 0.3 is 6.18 Å². The molecule has 0 amide bonds. The summed E-state index contributed by atoms with van der Waals surface area (Å²) in [6.45, 7) is 12.0. The lowest BCUT2D eigenvalue weighted by Crippen LogP contribution is -2.50. The van der Waals surface area contributed by atoms with Crippen molar-refractivity contribution in [2.75, 3.05) is 10.2 Å². The third kappa shape index (κ3) is 3.86. The molecule has 0 saturated heterocycles. The average Bonchev–Trinajstić information content (AvgIpc) is 2.91. The standard InChI is InChI=1S/C23H26F3N5/c1-21(2,3)29-20-27-16-13-14(23(24,25)26)10-11-15(16)18-19(31(20)22(4,5)6)30-12-8-7-9-17(30)28-18/h7-13H,1-6H3,(H,27,29). The molecule has 3 aromatic rings. The molecule has 0 fully saturated rings. The number of fused-ring (bicyclic) bond motifs is 5. The summed E-state index contributed by atoms with van der Waals surface area (Å²) < 4.78 is 42.4. The number of benzene rings is 1. The summed E-state index contributed by atoms with van der Waals surface area (Å²) in [4.78, 5) is 11.7. The van der Waals surface area contributed by atoms with E-state index < -0.39 is 22.8 Å². The highest BCUT2D eigenvalue weighted by molar-refractivity contribution is 6.12. The summed E-state index contributed by atoms with van der Waals surface area (Å²) >= 11 is 0. The summed E-state index contributed by atoms with van der Waals surface area (Å²) in [7, 11) is 0. The van der Waals surface area contributed by atoms with Crippen LogP contribution < -0.4 is 10.2 Å². The summed E-state index contributed by atoms with van der Waals surface area (Å²) in [5, 5.41) is 3.21. The van der Waals surface area contributed by atoms with Crippen LogP contribution >= 0.6 is 0 Å². The first-order valence-corrected chi connectivity index (χ1v) is 10.1. The van der Waals surface area contributed by atoms with Crippen LogP contribution in [0.5, 0.6) is 0 Å². The first-order chi connectivity index (χ1) is 14.3. The largest absolute Gasteiger partial charge is 0.416 e. The molecule has 1 aromatic carbocycles. The Balaban J connectivity index is 2.11. The molecule has 4 rings (SSSR count). The van der Waals surface area contributed by atoms with Gasteiger partial charge in [0.05, 0.1) is 16.8 Å². The average molecular weight is 429 g/mol. The van der Waals surface area contributed by atoms with Crippen LogP contribution in [0.3, 0.4) is 0 Å². The normalized spacial score (nSPS) is 16.2. The Morgan fingerprint density at radius 2 is 1.68 bits per heavy atom. The Morgan fingerprint density at radius 1 is 0.968 bits per heavy atom. The van der Waals surface area contributed by atoms with Crippen LogP contribution in [0, 0.1) is 0 Å². The SMILES string of the molecule is CC(C)(C)N=C1Nc2cc(C(F)(F)F)ccc2-c2nc3ccccn3c2N1C(C)(C)C. The smallest absolute Gasteiger partial charge is 0.325 e. The van der Waals surface area contributed by atoms with Crippen molar-refractivity contribution in [2.24, 2.45) is 4.99 Å². The molecule has 8 heteroatoms. The van der Waals surface area contributed by atoms with Crippen LogP contribution in [0.1, 0.15) is 47.1 Å². The van der Waals surface area contributed by atoms with E-state index in [0.29, 0.717) is 28.6 Å². The number of pyridine rings is 1. The maximum absolute atomic E-state index is 13.5. The molecule has 164 valence electrons. The van der Waals surface area contributed by atoms with Crippen molar-refractivity contribution in [1.82, 2.24) is 9.38 Å². The molecular weight excluding hydrogens is 403 g/mol. The van der Waals surface area contributed by atoms with Crippen molar-refractivity contribution in [3.05, 3.63) is 48.2 Å². The van der Waals surface area contributed by atoms with Crippen molar-refractivity contribution in [2.45, 2.75) is 58.8 Å². The zero-order valence-corrected chi connectivity index (χ0v) is 18.5. The highest BCUT2D eigenvalue weighted by Gasteiger charge is 2.38. The fraction of sp³-hybridized carbons (Fsp3) is 0.391. The Morgan fingerprint density at radius 3 is 2.29 bits per heavy atom. The van der Waals surface area contributed by atoms with Crippen LogP contribution in [0.4, 0.5) is 24.7 Å². The summed E-state index contributed by atoms with van der Waals surface area (Å²) in [6, 6.07) is 9.39. The Bertz CT molecular complexity index is 1180. The molecule has 3 heterocycles. The molecule has 0 spiro atoms. The number of guanidine groups is 1. The number of aliphatic imine (C=N–C) groups is 1. The summed E-state index contributed by atoms with van der Waals surface area (Å²) in [6.07, 6.45) is -2.54. The highest BCUT2D eigenvalue weighted by Crippen LogP contribution is 2.43. The van der Waals surface area contributed by atoms with Gasteiger partial charge in [0.25, 0.3) is 0 Å². The topological polar surface area (TPSA) is 44.9 Å². The molecule has 0 aliphatic carbocycles. The van der Waals surface area contributed by atoms with Crippen LogP contribution in [0.25, 0.3) is 16.9 Å². The highest BCUT2D eigenvalue weighted by atomic mass is 19.4. The third-order valence-electron chi connectivity index (χ3n) is 4.89. The monoisotopic (exact) mass is 429 g/mol. The van der Waals surface area contributed by atoms with E-state index in [0.717, 1.165) is 18.0 Å². The number of aromatic nitrogens is 2. The number of imidazole rings is 1. The maximum atomic E-state index is 13.5. The van der Waals surface area contributed by atoms with Gasteiger partial charge in [0.2, 0.25) is 5.96 Å². The zero-order chi connectivity index (χ0) is 22.8. The minimum Gasteiger partial charge on any atom is -0.325 e. The van der Waals surface area contributed by atoms with Gasteiger partial charge in [0, 0.05) is 17.3 Å². The van der Waals surface area contributed by atoms with E-state index >= 15 is 0 Å². The van der Waals surface area contributed by atoms with Crippen LogP contribution in [0.2, 0.25) is 0 Å². The minimum atomic E-state index is -4.45. The van der Waals surface area contributed by atoms with Crippen LogP contribution in [-0.4, -0.2) is 26.4 Å². The molecule has 1 aliphatic rings. The molecule has 0 unspecified atom stereocenters. The van der Waals surface area contributed by atoms with E-state index in [1.54, 1.807) is 0 Å². The molecule has 0 radical (unpaired) electrons. The fourth-order valence-corrected chi connectivity index (χ4v) is 3.72. The number of hydrogen-bond donors (Lipinski definition) is 1. The fourth-order valence-electron chi connectivity index (χ4n) is 3.72. The van der Waals surface area contributed by atoms with E-state index in [2.05, 4.69) is 5.32 Å². The first-order valence-electron chi connectivity index (χ1n) is 10.1. The van der Waals surface area contributed by atoms with E-state index in [9.17, 15) is 13.2 Å². The van der Waals surface area contributed by atoms with Crippen molar-refractivity contribution >= 4 is 23.1 Å². The first kappa shape index (κ1) is 21.2. The second kappa shape index (κ2) is 6.73. The Labute approximate surface area is 179 Å². The van der Waals surface area contributed by atoms with Gasteiger partial charge in [0.1, 0.15) is 17.2 Å². The Hall–Kier alpha value is -3.03. The van der Waals surface area contributed by atoms with Crippen molar-refractivity contribution in [3.8, 4) is 11.3 Å². The number of nitrogens with zero attached hydrogens (tertiary/aromatic N) is 4. The molecule has 1 N–H and O–H groups in total. The minimum absolute atomic E-state index is 0.328. The third-order valence-corrected chi connectivity index (χ3v) is 4.89. The number of rotatable bonds is 0. The van der Waals surface area contributed by atoms with E-state index in [-0.39, 0.29) is 0 Å². The van der Waals surface area contributed by atoms with Gasteiger partial charge in [-0.1, -0.05) is 6.07 Å². The van der Waals surface area contributed by atoms with Crippen LogP contribution in [-0.2, 0) is 6.18 Å². The van der Waals surface area contributed by atoms with Gasteiger partial charge in [-0.2, -0.15) is 13.2 Å². The molecule has 2 aromatic heterocycles. The lowest BCUT2D eigenvalue weighted by atomic mass is 10.0. The number of alkyl halides is 3. The van der Waals surface area contributed by atoms with Gasteiger partial charge < -0.3 is 5.32 Å². The molecule has 0 atom stereocenters. The zero-order valence-electron chi connectivity index (χ0n) is 18.5. The lowest BCUT2D eigenvalue weighted by Gasteiger charge is -2.38. The molecule has 0 bridgehead atoms. The van der Waals surface area contributed by atoms with E-state index in [1.165, 1.54) is 6.07 Å². The van der Waals surface area contributed by atoms with Crippen molar-refractivity contribution in [3.63, 3.8) is 0 Å².